The van der Waals surface area contributed by atoms with E-state index < -0.39 is 28.3 Å². The van der Waals surface area contributed by atoms with Crippen LogP contribution in [-0.2, 0) is 20.8 Å². The van der Waals surface area contributed by atoms with E-state index in [2.05, 4.69) is 10.6 Å². The Hall–Kier alpha value is -4.48. The second kappa shape index (κ2) is 11.9. The zero-order valence-electron chi connectivity index (χ0n) is 22.4. The van der Waals surface area contributed by atoms with E-state index in [-0.39, 0.29) is 35.2 Å². The molecule has 1 aliphatic rings. The number of carbonyl (C=O) groups is 4. The van der Waals surface area contributed by atoms with Crippen LogP contribution in [0.1, 0.15) is 42.6 Å². The zero-order chi connectivity index (χ0) is 28.9. The summed E-state index contributed by atoms with van der Waals surface area (Å²) in [5.74, 6) is -2.47. The highest BCUT2D eigenvalue weighted by Gasteiger charge is 2.57. The number of benzene rings is 2. The molecule has 0 aromatic heterocycles. The van der Waals surface area contributed by atoms with Crippen molar-refractivity contribution >= 4 is 40.8 Å². The Bertz CT molecular complexity index is 1270. The molecule has 0 aliphatic heterocycles. The van der Waals surface area contributed by atoms with Crippen molar-refractivity contribution in [2.75, 3.05) is 32.5 Å². The summed E-state index contributed by atoms with van der Waals surface area (Å²) in [5.41, 5.74) is 0.0616. The molecule has 1 atom stereocenters. The fraction of sp³-hybridized carbons (Fsp3) is 0.407. The fourth-order valence-corrected chi connectivity index (χ4v) is 4.32. The molecule has 0 spiro atoms. The Morgan fingerprint density at radius 2 is 1.67 bits per heavy atom. The smallest absolute Gasteiger partial charge is 0.326 e. The minimum absolute atomic E-state index is 0.0180. The van der Waals surface area contributed by atoms with Crippen molar-refractivity contribution in [3.8, 4) is 0 Å². The van der Waals surface area contributed by atoms with Crippen LogP contribution in [0.3, 0.4) is 0 Å². The maximum absolute atomic E-state index is 12.7. The molecular weight excluding hydrogens is 506 g/mol. The van der Waals surface area contributed by atoms with Crippen molar-refractivity contribution in [3.05, 3.63) is 63.7 Å². The SMILES string of the molecule is CCN(CC)C(=O)c1ccc(Nc2ccc(CC(NC(=O)C3(C(=O)N(C)C)CC3)C(=O)O)cc2)c([N+](=O)[O-])c1. The van der Waals surface area contributed by atoms with Gasteiger partial charge in [-0.1, -0.05) is 12.1 Å². The number of rotatable bonds is 12. The van der Waals surface area contributed by atoms with Gasteiger partial charge in [0.15, 0.2) is 0 Å². The summed E-state index contributed by atoms with van der Waals surface area (Å²) >= 11 is 0. The number of hydrogen-bond acceptors (Lipinski definition) is 7. The summed E-state index contributed by atoms with van der Waals surface area (Å²) in [6, 6.07) is 9.56. The van der Waals surface area contributed by atoms with Gasteiger partial charge >= 0.3 is 5.97 Å². The summed E-state index contributed by atoms with van der Waals surface area (Å²) in [6.07, 6.45) is 0.731. The Morgan fingerprint density at radius 3 is 2.15 bits per heavy atom. The van der Waals surface area contributed by atoms with Crippen LogP contribution in [0.4, 0.5) is 17.1 Å². The van der Waals surface area contributed by atoms with E-state index in [0.29, 0.717) is 37.2 Å². The first-order valence-electron chi connectivity index (χ1n) is 12.6. The van der Waals surface area contributed by atoms with E-state index in [4.69, 9.17) is 0 Å². The van der Waals surface area contributed by atoms with Gasteiger partial charge in [-0.15, -0.1) is 0 Å². The molecule has 12 nitrogen and oxygen atoms in total. The van der Waals surface area contributed by atoms with Crippen LogP contribution in [0.2, 0.25) is 0 Å². The van der Waals surface area contributed by atoms with E-state index in [1.165, 1.54) is 23.1 Å². The number of aliphatic carboxylic acids is 1. The van der Waals surface area contributed by atoms with Crippen molar-refractivity contribution in [3.63, 3.8) is 0 Å². The standard InChI is InChI=1S/C27H33N5O7/c1-5-31(6-2)23(33)18-9-12-20(22(16-18)32(38)39)28-19-10-7-17(8-11-19)15-21(24(34)35)29-25(36)27(13-14-27)26(37)30(3)4/h7-12,16,21,28H,5-6,13-15H2,1-4H3,(H,29,36)(H,34,35). The normalized spacial score (nSPS) is 14.1. The molecule has 1 aliphatic carbocycles. The number of carbonyl (C=O) groups excluding carboxylic acids is 3. The molecule has 208 valence electrons. The summed E-state index contributed by atoms with van der Waals surface area (Å²) in [4.78, 5) is 63.6. The van der Waals surface area contributed by atoms with Crippen LogP contribution in [-0.4, -0.2) is 76.7 Å². The van der Waals surface area contributed by atoms with Crippen LogP contribution >= 0.6 is 0 Å². The number of nitro groups is 1. The van der Waals surface area contributed by atoms with Crippen LogP contribution < -0.4 is 10.6 Å². The van der Waals surface area contributed by atoms with Gasteiger partial charge in [0, 0.05) is 50.9 Å². The van der Waals surface area contributed by atoms with Gasteiger partial charge in [-0.05, 0) is 56.5 Å². The number of nitro benzene ring substituents is 1. The molecule has 1 fully saturated rings. The molecule has 0 radical (unpaired) electrons. The average Bonchev–Trinajstić information content (AvgIpc) is 3.71. The van der Waals surface area contributed by atoms with E-state index in [1.807, 2.05) is 13.8 Å². The van der Waals surface area contributed by atoms with Gasteiger partial charge in [-0.3, -0.25) is 24.5 Å². The van der Waals surface area contributed by atoms with E-state index in [0.717, 1.165) is 0 Å². The summed E-state index contributed by atoms with van der Waals surface area (Å²) in [5, 5.41) is 26.8. The van der Waals surface area contributed by atoms with E-state index in [9.17, 15) is 34.4 Å². The van der Waals surface area contributed by atoms with Gasteiger partial charge in [0.05, 0.1) is 4.92 Å². The molecule has 1 unspecified atom stereocenters. The zero-order valence-corrected chi connectivity index (χ0v) is 22.4. The molecule has 0 saturated heterocycles. The predicted octanol–water partition coefficient (Wildman–Crippen LogP) is 2.80. The van der Waals surface area contributed by atoms with E-state index >= 15 is 0 Å². The molecule has 2 aromatic carbocycles. The highest BCUT2D eigenvalue weighted by molar-refractivity contribution is 6.08. The first kappa shape index (κ1) is 29.1. The molecule has 3 amide bonds. The number of hydrogen-bond donors (Lipinski definition) is 3. The van der Waals surface area contributed by atoms with Crippen molar-refractivity contribution < 1.29 is 29.2 Å². The molecule has 0 heterocycles. The lowest BCUT2D eigenvalue weighted by molar-refractivity contribution is -0.383. The fourth-order valence-electron chi connectivity index (χ4n) is 4.32. The minimum Gasteiger partial charge on any atom is -0.480 e. The number of amides is 3. The van der Waals surface area contributed by atoms with Gasteiger partial charge in [0.25, 0.3) is 11.6 Å². The third-order valence-corrected chi connectivity index (χ3v) is 6.77. The lowest BCUT2D eigenvalue weighted by Gasteiger charge is -2.22. The van der Waals surface area contributed by atoms with Crippen molar-refractivity contribution in [1.29, 1.82) is 0 Å². The minimum atomic E-state index is -1.24. The van der Waals surface area contributed by atoms with E-state index in [1.54, 1.807) is 43.3 Å². The molecule has 3 rings (SSSR count). The van der Waals surface area contributed by atoms with Crippen LogP contribution in [0, 0.1) is 15.5 Å². The summed E-state index contributed by atoms with van der Waals surface area (Å²) < 4.78 is 0. The third kappa shape index (κ3) is 6.51. The molecule has 39 heavy (non-hydrogen) atoms. The van der Waals surface area contributed by atoms with Crippen molar-refractivity contribution in [1.82, 2.24) is 15.1 Å². The summed E-state index contributed by atoms with van der Waals surface area (Å²) in [6.45, 7) is 4.63. The van der Waals surface area contributed by atoms with Crippen LogP contribution in [0.5, 0.6) is 0 Å². The third-order valence-electron chi connectivity index (χ3n) is 6.77. The van der Waals surface area contributed by atoms with Gasteiger partial charge < -0.3 is 25.5 Å². The molecule has 0 bridgehead atoms. The van der Waals surface area contributed by atoms with Gasteiger partial charge in [-0.2, -0.15) is 0 Å². The lowest BCUT2D eigenvalue weighted by atomic mass is 10.0. The lowest BCUT2D eigenvalue weighted by Crippen LogP contribution is -2.49. The van der Waals surface area contributed by atoms with Crippen LogP contribution in [0.25, 0.3) is 0 Å². The predicted molar refractivity (Wildman–Crippen MR) is 144 cm³/mol. The molecule has 1 saturated carbocycles. The second-order valence-corrected chi connectivity index (χ2v) is 9.64. The largest absolute Gasteiger partial charge is 0.480 e. The quantitative estimate of drug-likeness (QED) is 0.211. The molecule has 2 aromatic rings. The molecular formula is C27H33N5O7. The summed E-state index contributed by atoms with van der Waals surface area (Å²) in [7, 11) is 3.10. The highest BCUT2D eigenvalue weighted by Crippen LogP contribution is 2.47. The second-order valence-electron chi connectivity index (χ2n) is 9.64. The van der Waals surface area contributed by atoms with Gasteiger partial charge in [0.2, 0.25) is 11.8 Å². The Kier molecular flexibility index (Phi) is 8.89. The first-order valence-corrected chi connectivity index (χ1v) is 12.6. The van der Waals surface area contributed by atoms with Gasteiger partial charge in [-0.25, -0.2) is 4.79 Å². The maximum Gasteiger partial charge on any atom is 0.326 e. The average molecular weight is 540 g/mol. The number of anilines is 2. The molecule has 12 heteroatoms. The number of nitrogens with zero attached hydrogens (tertiary/aromatic N) is 3. The Balaban J connectivity index is 1.72. The number of carboxylic acids is 1. The first-order chi connectivity index (χ1) is 18.4. The highest BCUT2D eigenvalue weighted by atomic mass is 16.6. The number of nitrogens with one attached hydrogen (secondary N) is 2. The molecule has 3 N–H and O–H groups in total. The maximum atomic E-state index is 12.7. The monoisotopic (exact) mass is 539 g/mol. The van der Waals surface area contributed by atoms with Crippen LogP contribution in [0.15, 0.2) is 42.5 Å². The topological polar surface area (TPSA) is 162 Å². The Morgan fingerprint density at radius 1 is 1.05 bits per heavy atom. The van der Waals surface area contributed by atoms with Crippen molar-refractivity contribution in [2.24, 2.45) is 5.41 Å². The van der Waals surface area contributed by atoms with Crippen molar-refractivity contribution in [2.45, 2.75) is 39.2 Å². The Labute approximate surface area is 226 Å². The number of carboxylic acid groups (broad SMARTS) is 1. The van der Waals surface area contributed by atoms with Gasteiger partial charge in [0.1, 0.15) is 17.1 Å².